The van der Waals surface area contributed by atoms with Crippen LogP contribution >= 0.6 is 0 Å². The van der Waals surface area contributed by atoms with Crippen LogP contribution in [0.2, 0.25) is 0 Å². The van der Waals surface area contributed by atoms with Crippen LogP contribution in [0.5, 0.6) is 0 Å². The lowest BCUT2D eigenvalue weighted by atomic mass is 10.0. The van der Waals surface area contributed by atoms with E-state index in [9.17, 15) is 18.0 Å². The van der Waals surface area contributed by atoms with Gasteiger partial charge in [-0.1, -0.05) is 36.4 Å². The van der Waals surface area contributed by atoms with Crippen molar-refractivity contribution in [3.63, 3.8) is 0 Å². The molecule has 156 valence electrons. The molecular formula is C22H22N2O5S. The van der Waals surface area contributed by atoms with Crippen molar-refractivity contribution < 1.29 is 17.6 Å². The largest absolute Gasteiger partial charge is 0.455 e. The molecule has 2 heterocycles. The molecule has 0 N–H and O–H groups in total. The van der Waals surface area contributed by atoms with E-state index >= 15 is 0 Å². The van der Waals surface area contributed by atoms with E-state index in [0.717, 1.165) is 11.8 Å². The number of sulfonamides is 1. The topological polar surface area (TPSA) is 87.9 Å². The van der Waals surface area contributed by atoms with Crippen molar-refractivity contribution in [2.75, 3.05) is 32.4 Å². The number of carbonyl (C=O) groups is 1. The minimum atomic E-state index is -3.29. The average Bonchev–Trinajstić information content (AvgIpc) is 2.75. The summed E-state index contributed by atoms with van der Waals surface area (Å²) in [6.07, 6.45) is 1.16. The van der Waals surface area contributed by atoms with Crippen LogP contribution < -0.4 is 5.43 Å². The SMILES string of the molecule is Cc1c(-c2ccccc2)oc2c(C(=O)N3CCN(S(C)(=O)=O)CC3)cccc2c1=O. The third kappa shape index (κ3) is 3.64. The van der Waals surface area contributed by atoms with Crippen LogP contribution in [-0.2, 0) is 10.0 Å². The zero-order valence-corrected chi connectivity index (χ0v) is 17.6. The zero-order valence-electron chi connectivity index (χ0n) is 16.8. The van der Waals surface area contributed by atoms with Crippen molar-refractivity contribution in [2.45, 2.75) is 6.92 Å². The Labute approximate surface area is 174 Å². The zero-order chi connectivity index (χ0) is 21.5. The number of fused-ring (bicyclic) bond motifs is 1. The van der Waals surface area contributed by atoms with Crippen LogP contribution in [0.15, 0.2) is 57.7 Å². The second-order valence-electron chi connectivity index (χ2n) is 7.39. The van der Waals surface area contributed by atoms with Gasteiger partial charge in [0.2, 0.25) is 10.0 Å². The molecule has 2 aromatic carbocycles. The summed E-state index contributed by atoms with van der Waals surface area (Å²) < 4.78 is 30.9. The third-order valence-corrected chi connectivity index (χ3v) is 6.71. The molecule has 8 heteroatoms. The van der Waals surface area contributed by atoms with Gasteiger partial charge in [0.05, 0.1) is 17.2 Å². The van der Waals surface area contributed by atoms with Crippen molar-refractivity contribution in [3.8, 4) is 11.3 Å². The van der Waals surface area contributed by atoms with Gasteiger partial charge < -0.3 is 9.32 Å². The van der Waals surface area contributed by atoms with Gasteiger partial charge >= 0.3 is 0 Å². The highest BCUT2D eigenvalue weighted by molar-refractivity contribution is 7.88. The van der Waals surface area contributed by atoms with E-state index in [1.165, 1.54) is 4.31 Å². The summed E-state index contributed by atoms with van der Waals surface area (Å²) in [4.78, 5) is 27.8. The van der Waals surface area contributed by atoms with Crippen LogP contribution in [0.3, 0.4) is 0 Å². The Bertz CT molecular complexity index is 1270. The summed E-state index contributed by atoms with van der Waals surface area (Å²) in [5, 5.41) is 0.354. The van der Waals surface area contributed by atoms with Gasteiger partial charge in [-0.15, -0.1) is 0 Å². The van der Waals surface area contributed by atoms with Crippen LogP contribution in [-0.4, -0.2) is 56.0 Å². The van der Waals surface area contributed by atoms with E-state index in [2.05, 4.69) is 0 Å². The van der Waals surface area contributed by atoms with E-state index in [1.807, 2.05) is 30.3 Å². The first-order chi connectivity index (χ1) is 14.3. The fraction of sp³-hybridized carbons (Fsp3) is 0.273. The maximum Gasteiger partial charge on any atom is 0.257 e. The van der Waals surface area contributed by atoms with Gasteiger partial charge in [-0.25, -0.2) is 8.42 Å². The standard InChI is InChI=1S/C22H22N2O5S/c1-15-19(25)17-9-6-10-18(21(17)29-20(15)16-7-4-3-5-8-16)22(26)23-11-13-24(14-12-23)30(2,27)28/h3-10H,11-14H2,1-2H3. The minimum Gasteiger partial charge on any atom is -0.455 e. The summed E-state index contributed by atoms with van der Waals surface area (Å²) in [7, 11) is -3.29. The Morgan fingerprint density at radius 2 is 1.63 bits per heavy atom. The fourth-order valence-electron chi connectivity index (χ4n) is 3.74. The number of para-hydroxylation sites is 1. The molecule has 3 aromatic rings. The smallest absolute Gasteiger partial charge is 0.257 e. The molecule has 0 aliphatic carbocycles. The van der Waals surface area contributed by atoms with Gasteiger partial charge in [-0.05, 0) is 19.1 Å². The monoisotopic (exact) mass is 426 g/mol. The summed E-state index contributed by atoms with van der Waals surface area (Å²) >= 11 is 0. The van der Waals surface area contributed by atoms with Crippen molar-refractivity contribution >= 4 is 26.9 Å². The predicted octanol–water partition coefficient (Wildman–Crippen LogP) is 2.49. The van der Waals surface area contributed by atoms with Crippen molar-refractivity contribution in [1.82, 2.24) is 9.21 Å². The highest BCUT2D eigenvalue weighted by atomic mass is 32.2. The lowest BCUT2D eigenvalue weighted by Crippen LogP contribution is -2.50. The second-order valence-corrected chi connectivity index (χ2v) is 9.37. The molecule has 1 fully saturated rings. The number of piperazine rings is 1. The van der Waals surface area contributed by atoms with Crippen LogP contribution in [0.25, 0.3) is 22.3 Å². The minimum absolute atomic E-state index is 0.174. The lowest BCUT2D eigenvalue weighted by Gasteiger charge is -2.33. The molecule has 1 amide bonds. The summed E-state index contributed by atoms with van der Waals surface area (Å²) in [5.74, 6) is 0.162. The molecule has 0 atom stereocenters. The number of nitrogens with zero attached hydrogens (tertiary/aromatic N) is 2. The molecule has 0 saturated carbocycles. The highest BCUT2D eigenvalue weighted by Gasteiger charge is 2.28. The third-order valence-electron chi connectivity index (χ3n) is 5.41. The van der Waals surface area contributed by atoms with E-state index in [1.54, 1.807) is 30.0 Å². The summed E-state index contributed by atoms with van der Waals surface area (Å²) in [6.45, 7) is 2.77. The van der Waals surface area contributed by atoms with E-state index in [4.69, 9.17) is 4.42 Å². The first kappa shape index (κ1) is 20.3. The number of benzene rings is 2. The Morgan fingerprint density at radius 3 is 2.27 bits per heavy atom. The second kappa shape index (κ2) is 7.70. The highest BCUT2D eigenvalue weighted by Crippen LogP contribution is 2.28. The Kier molecular flexibility index (Phi) is 5.21. The molecule has 0 spiro atoms. The maximum absolute atomic E-state index is 13.2. The molecule has 7 nitrogen and oxygen atoms in total. The van der Waals surface area contributed by atoms with Crippen molar-refractivity contribution in [3.05, 3.63) is 69.9 Å². The molecule has 1 aliphatic rings. The number of rotatable bonds is 3. The molecule has 4 rings (SSSR count). The molecule has 0 unspecified atom stereocenters. The normalized spacial score (nSPS) is 15.5. The summed E-state index contributed by atoms with van der Waals surface area (Å²) in [6, 6.07) is 14.3. The van der Waals surface area contributed by atoms with Gasteiger partial charge in [-0.3, -0.25) is 9.59 Å². The summed E-state index contributed by atoms with van der Waals surface area (Å²) in [5.41, 5.74) is 1.63. The number of amides is 1. The van der Waals surface area contributed by atoms with Crippen LogP contribution in [0.1, 0.15) is 15.9 Å². The number of carbonyl (C=O) groups excluding carboxylic acids is 1. The molecule has 1 aliphatic heterocycles. The quantitative estimate of drug-likeness (QED) is 0.642. The van der Waals surface area contributed by atoms with E-state index in [-0.39, 0.29) is 43.1 Å². The molecule has 0 radical (unpaired) electrons. The first-order valence-corrected chi connectivity index (χ1v) is 11.5. The Morgan fingerprint density at radius 1 is 0.967 bits per heavy atom. The van der Waals surface area contributed by atoms with Gasteiger partial charge in [0.25, 0.3) is 5.91 Å². The molecule has 0 bridgehead atoms. The molecule has 1 saturated heterocycles. The number of hydrogen-bond acceptors (Lipinski definition) is 5. The Hall–Kier alpha value is -2.97. The van der Waals surface area contributed by atoms with Crippen molar-refractivity contribution in [1.29, 1.82) is 0 Å². The van der Waals surface area contributed by atoms with Gasteiger partial charge in [0, 0.05) is 37.3 Å². The first-order valence-electron chi connectivity index (χ1n) is 9.63. The molecular weight excluding hydrogens is 404 g/mol. The fourth-order valence-corrected chi connectivity index (χ4v) is 4.56. The van der Waals surface area contributed by atoms with Gasteiger partial charge in [-0.2, -0.15) is 4.31 Å². The number of hydrogen-bond donors (Lipinski definition) is 0. The molecule has 30 heavy (non-hydrogen) atoms. The van der Waals surface area contributed by atoms with Crippen LogP contribution in [0.4, 0.5) is 0 Å². The van der Waals surface area contributed by atoms with Gasteiger partial charge in [0.1, 0.15) is 5.76 Å². The van der Waals surface area contributed by atoms with E-state index in [0.29, 0.717) is 22.3 Å². The van der Waals surface area contributed by atoms with Gasteiger partial charge in [0.15, 0.2) is 11.0 Å². The molecule has 1 aromatic heterocycles. The predicted molar refractivity (Wildman–Crippen MR) is 115 cm³/mol. The van der Waals surface area contributed by atoms with Crippen molar-refractivity contribution in [2.24, 2.45) is 0 Å². The Balaban J connectivity index is 1.76. The van der Waals surface area contributed by atoms with Crippen LogP contribution in [0, 0.1) is 6.92 Å². The maximum atomic E-state index is 13.2. The average molecular weight is 426 g/mol. The lowest BCUT2D eigenvalue weighted by molar-refractivity contribution is 0.0699. The van der Waals surface area contributed by atoms with E-state index < -0.39 is 10.0 Å².